The minimum atomic E-state index is -0.561. The number of piperidine rings is 1. The van der Waals surface area contributed by atoms with Gasteiger partial charge in [-0.05, 0) is 43.4 Å². The van der Waals surface area contributed by atoms with E-state index in [4.69, 9.17) is 4.74 Å². The maximum Gasteiger partial charge on any atom is 0.227 e. The van der Waals surface area contributed by atoms with Gasteiger partial charge in [0, 0.05) is 51.4 Å². The van der Waals surface area contributed by atoms with Gasteiger partial charge in [-0.15, -0.1) is 11.3 Å². The molecule has 6 nitrogen and oxygen atoms in total. The average Bonchev–Trinajstić information content (AvgIpc) is 3.37. The molecular formula is C23H32FN3O3S. The van der Waals surface area contributed by atoms with Crippen LogP contribution in [0.2, 0.25) is 0 Å². The van der Waals surface area contributed by atoms with E-state index in [1.165, 1.54) is 16.9 Å². The molecule has 1 fully saturated rings. The van der Waals surface area contributed by atoms with Crippen LogP contribution in [-0.2, 0) is 16.0 Å². The number of hydrogen-bond donors (Lipinski definition) is 1. The highest BCUT2D eigenvalue weighted by Crippen LogP contribution is 2.45. The Labute approximate surface area is 187 Å². The highest BCUT2D eigenvalue weighted by Gasteiger charge is 2.44. The Morgan fingerprint density at radius 1 is 1.42 bits per heavy atom. The lowest BCUT2D eigenvalue weighted by molar-refractivity contribution is -0.136. The van der Waals surface area contributed by atoms with Gasteiger partial charge in [0.2, 0.25) is 5.91 Å². The highest BCUT2D eigenvalue weighted by atomic mass is 32.1. The molecule has 2 aliphatic heterocycles. The topological polar surface area (TPSA) is 65.9 Å². The van der Waals surface area contributed by atoms with Gasteiger partial charge in [0.25, 0.3) is 0 Å². The van der Waals surface area contributed by atoms with Crippen molar-refractivity contribution in [2.45, 2.75) is 50.7 Å². The fourth-order valence-electron chi connectivity index (χ4n) is 5.08. The van der Waals surface area contributed by atoms with Crippen molar-refractivity contribution in [3.8, 4) is 0 Å². The first-order valence-corrected chi connectivity index (χ1v) is 12.1. The van der Waals surface area contributed by atoms with Crippen LogP contribution in [0.1, 0.15) is 38.3 Å². The Bertz CT molecular complexity index is 844. The fraction of sp³-hybridized carbons (Fsp3) is 0.652. The van der Waals surface area contributed by atoms with E-state index in [2.05, 4.69) is 9.88 Å². The number of amides is 1. The normalized spacial score (nSPS) is 22.9. The van der Waals surface area contributed by atoms with Crippen molar-refractivity contribution in [2.75, 3.05) is 39.8 Å². The maximum absolute atomic E-state index is 13.9. The molecule has 1 aromatic rings. The summed E-state index contributed by atoms with van der Waals surface area (Å²) in [4.78, 5) is 21.5. The van der Waals surface area contributed by atoms with Crippen LogP contribution >= 0.6 is 11.3 Å². The number of nitrogens with zero attached hydrogens (tertiary/aromatic N) is 3. The molecule has 0 aromatic carbocycles. The lowest BCUT2D eigenvalue weighted by Gasteiger charge is -2.41. The molecule has 3 aliphatic rings. The zero-order chi connectivity index (χ0) is 22.0. The number of aliphatic hydroxyl groups excluding tert-OH is 1. The number of rotatable bonds is 7. The Kier molecular flexibility index (Phi) is 6.91. The number of halogens is 1. The van der Waals surface area contributed by atoms with Gasteiger partial charge in [-0.25, -0.2) is 9.37 Å². The van der Waals surface area contributed by atoms with E-state index in [0.717, 1.165) is 43.6 Å². The van der Waals surface area contributed by atoms with Crippen molar-refractivity contribution in [1.82, 2.24) is 14.8 Å². The number of aliphatic hydroxyl groups is 1. The van der Waals surface area contributed by atoms with E-state index in [9.17, 15) is 14.3 Å². The molecule has 0 radical (unpaired) electrons. The number of allylic oxidation sites excluding steroid dienone is 1. The van der Waals surface area contributed by atoms with Crippen molar-refractivity contribution in [2.24, 2.45) is 5.92 Å². The number of hydrogen-bond acceptors (Lipinski definition) is 6. The molecule has 1 amide bonds. The quantitative estimate of drug-likeness (QED) is 0.693. The van der Waals surface area contributed by atoms with Gasteiger partial charge < -0.3 is 19.6 Å². The molecular weight excluding hydrogens is 417 g/mol. The minimum absolute atomic E-state index is 0.0357. The van der Waals surface area contributed by atoms with E-state index in [1.54, 1.807) is 30.5 Å². The average molecular weight is 450 g/mol. The minimum Gasteiger partial charge on any atom is -0.392 e. The number of fused-ring (bicyclic) bond motifs is 1. The van der Waals surface area contributed by atoms with E-state index in [1.807, 2.05) is 5.38 Å². The summed E-state index contributed by atoms with van der Waals surface area (Å²) in [5, 5.41) is 11.7. The first-order valence-electron chi connectivity index (χ1n) is 11.1. The number of likely N-dealkylation sites (tertiary alicyclic amines) is 1. The molecule has 170 valence electrons. The fourth-order valence-corrected chi connectivity index (χ4v) is 5.65. The summed E-state index contributed by atoms with van der Waals surface area (Å²) in [6.45, 7) is 4.90. The van der Waals surface area contributed by atoms with Crippen LogP contribution in [0, 0.1) is 5.92 Å². The number of carbonyl (C=O) groups is 1. The molecule has 2 unspecified atom stereocenters. The molecule has 1 saturated heterocycles. The maximum atomic E-state index is 13.9. The molecule has 1 spiro atoms. The molecule has 3 heterocycles. The monoisotopic (exact) mass is 449 g/mol. The lowest BCUT2D eigenvalue weighted by atomic mass is 9.80. The third kappa shape index (κ3) is 5.08. The molecule has 0 saturated carbocycles. The third-order valence-electron chi connectivity index (χ3n) is 6.71. The van der Waals surface area contributed by atoms with Crippen molar-refractivity contribution in [3.05, 3.63) is 39.6 Å². The molecule has 0 bridgehead atoms. The van der Waals surface area contributed by atoms with Crippen LogP contribution in [0.25, 0.3) is 0 Å². The van der Waals surface area contributed by atoms with Gasteiger partial charge in [0.15, 0.2) is 0 Å². The first-order chi connectivity index (χ1) is 14.9. The standard InChI is InChI=1S/C23H32FN3O3S/c1-16(28)11-26(2)22(29)18(9-20-14-31-15-25-20)12-27-7-5-23(6-8-27)21-10-19(24)4-3-17(21)13-30-23/h10,14-16,18,28H,3-9,11-13H2,1-2H3. The smallest absolute Gasteiger partial charge is 0.227 e. The second kappa shape index (κ2) is 9.48. The molecule has 2 atom stereocenters. The van der Waals surface area contributed by atoms with Gasteiger partial charge in [-0.3, -0.25) is 4.79 Å². The predicted octanol–water partition coefficient (Wildman–Crippen LogP) is 2.95. The second-order valence-corrected chi connectivity index (χ2v) is 9.86. The Balaban J connectivity index is 1.41. The van der Waals surface area contributed by atoms with Crippen LogP contribution in [0.4, 0.5) is 4.39 Å². The summed E-state index contributed by atoms with van der Waals surface area (Å²) in [5.41, 5.74) is 4.69. The first kappa shape index (κ1) is 22.6. The molecule has 1 aliphatic carbocycles. The van der Waals surface area contributed by atoms with Gasteiger partial charge >= 0.3 is 0 Å². The van der Waals surface area contributed by atoms with Crippen LogP contribution in [-0.4, -0.2) is 77.3 Å². The summed E-state index contributed by atoms with van der Waals surface area (Å²) >= 11 is 1.53. The summed E-state index contributed by atoms with van der Waals surface area (Å²) in [6.07, 6.45) is 4.63. The zero-order valence-electron chi connectivity index (χ0n) is 18.3. The van der Waals surface area contributed by atoms with Gasteiger partial charge in [0.05, 0.1) is 35.4 Å². The van der Waals surface area contributed by atoms with Crippen LogP contribution in [0.3, 0.4) is 0 Å². The van der Waals surface area contributed by atoms with Gasteiger partial charge in [-0.2, -0.15) is 0 Å². The number of likely N-dealkylation sites (N-methyl/N-ethyl adjacent to an activating group) is 1. The van der Waals surface area contributed by atoms with E-state index in [0.29, 0.717) is 32.5 Å². The van der Waals surface area contributed by atoms with Crippen LogP contribution in [0.5, 0.6) is 0 Å². The van der Waals surface area contributed by atoms with E-state index >= 15 is 0 Å². The molecule has 4 rings (SSSR count). The highest BCUT2D eigenvalue weighted by molar-refractivity contribution is 7.07. The molecule has 31 heavy (non-hydrogen) atoms. The largest absolute Gasteiger partial charge is 0.392 e. The lowest BCUT2D eigenvalue weighted by Crippen LogP contribution is -2.49. The number of thiazole rings is 1. The third-order valence-corrected chi connectivity index (χ3v) is 7.34. The summed E-state index contributed by atoms with van der Waals surface area (Å²) in [7, 11) is 1.75. The van der Waals surface area contributed by atoms with Crippen LogP contribution < -0.4 is 0 Å². The Hall–Kier alpha value is -1.61. The number of ether oxygens (including phenoxy) is 1. The van der Waals surface area contributed by atoms with E-state index in [-0.39, 0.29) is 23.3 Å². The van der Waals surface area contributed by atoms with Crippen molar-refractivity contribution < 1.29 is 19.0 Å². The predicted molar refractivity (Wildman–Crippen MR) is 118 cm³/mol. The second-order valence-electron chi connectivity index (χ2n) is 9.14. The molecule has 1 aromatic heterocycles. The summed E-state index contributed by atoms with van der Waals surface area (Å²) in [5.74, 6) is -0.221. The molecule has 8 heteroatoms. The number of aromatic nitrogens is 1. The van der Waals surface area contributed by atoms with Gasteiger partial charge in [-0.1, -0.05) is 0 Å². The zero-order valence-corrected chi connectivity index (χ0v) is 19.2. The SMILES string of the molecule is CC(O)CN(C)C(=O)C(Cc1cscn1)CN1CCC2(CC1)OCC1=C2C=C(F)CC1. The van der Waals surface area contributed by atoms with Crippen LogP contribution in [0.15, 0.2) is 33.9 Å². The summed E-state index contributed by atoms with van der Waals surface area (Å²) in [6, 6.07) is 0. The Morgan fingerprint density at radius 2 is 2.19 bits per heavy atom. The molecule has 1 N–H and O–H groups in total. The number of carbonyl (C=O) groups excluding carboxylic acids is 1. The van der Waals surface area contributed by atoms with Crippen molar-refractivity contribution in [3.63, 3.8) is 0 Å². The summed E-state index contributed by atoms with van der Waals surface area (Å²) < 4.78 is 20.2. The van der Waals surface area contributed by atoms with Crippen molar-refractivity contribution >= 4 is 17.2 Å². The van der Waals surface area contributed by atoms with Crippen molar-refractivity contribution in [1.29, 1.82) is 0 Å². The van der Waals surface area contributed by atoms with E-state index < -0.39 is 6.10 Å². The van der Waals surface area contributed by atoms with Gasteiger partial charge in [0.1, 0.15) is 5.83 Å². The Morgan fingerprint density at radius 3 is 2.87 bits per heavy atom.